The van der Waals surface area contributed by atoms with Crippen LogP contribution in [0.3, 0.4) is 0 Å². The Hall–Kier alpha value is -3.28. The molecule has 0 saturated carbocycles. The Morgan fingerprint density at radius 1 is 1.03 bits per heavy atom. The number of guanidine groups is 1. The fourth-order valence-corrected chi connectivity index (χ4v) is 3.41. The standard InChI is InChI=1S/C24H31N5O/c1-5-25-24(26-15-21-13-9-10-14-23(21)30-4)27-16-22-18(2)28-29(19(22)3)17-20-11-7-6-8-12-20/h6-14H,5,15-17H2,1-4H3,(H2,25,26,27). The first-order valence-corrected chi connectivity index (χ1v) is 10.3. The Kier molecular flexibility index (Phi) is 7.49. The smallest absolute Gasteiger partial charge is 0.191 e. The van der Waals surface area contributed by atoms with E-state index in [1.807, 2.05) is 30.3 Å². The number of methoxy groups -OCH3 is 1. The molecule has 3 aromatic rings. The van der Waals surface area contributed by atoms with E-state index in [9.17, 15) is 0 Å². The first-order valence-electron chi connectivity index (χ1n) is 10.3. The lowest BCUT2D eigenvalue weighted by Gasteiger charge is -2.13. The number of hydrogen-bond acceptors (Lipinski definition) is 3. The fraction of sp³-hybridized carbons (Fsp3) is 0.333. The highest BCUT2D eigenvalue weighted by atomic mass is 16.5. The van der Waals surface area contributed by atoms with Crippen molar-refractivity contribution in [3.8, 4) is 5.75 Å². The van der Waals surface area contributed by atoms with E-state index in [1.54, 1.807) is 7.11 Å². The fourth-order valence-electron chi connectivity index (χ4n) is 3.41. The van der Waals surface area contributed by atoms with Crippen LogP contribution >= 0.6 is 0 Å². The van der Waals surface area contributed by atoms with Gasteiger partial charge in [0.25, 0.3) is 0 Å². The Balaban J connectivity index is 1.70. The van der Waals surface area contributed by atoms with E-state index in [2.05, 4.69) is 60.4 Å². The number of benzene rings is 2. The summed E-state index contributed by atoms with van der Waals surface area (Å²) >= 11 is 0. The summed E-state index contributed by atoms with van der Waals surface area (Å²) in [5.41, 5.74) is 5.71. The van der Waals surface area contributed by atoms with Gasteiger partial charge in [0.2, 0.25) is 0 Å². The van der Waals surface area contributed by atoms with Gasteiger partial charge in [-0.05, 0) is 32.4 Å². The second-order valence-corrected chi connectivity index (χ2v) is 7.15. The van der Waals surface area contributed by atoms with E-state index in [1.165, 1.54) is 16.8 Å². The van der Waals surface area contributed by atoms with E-state index in [4.69, 9.17) is 14.8 Å². The number of ether oxygens (including phenoxy) is 1. The van der Waals surface area contributed by atoms with Crippen LogP contribution in [0.2, 0.25) is 0 Å². The minimum absolute atomic E-state index is 0.546. The first kappa shape index (κ1) is 21.4. The van der Waals surface area contributed by atoms with Gasteiger partial charge in [-0.15, -0.1) is 0 Å². The van der Waals surface area contributed by atoms with E-state index in [-0.39, 0.29) is 0 Å². The second-order valence-electron chi connectivity index (χ2n) is 7.15. The van der Waals surface area contributed by atoms with Gasteiger partial charge < -0.3 is 15.4 Å². The molecule has 0 spiro atoms. The molecular weight excluding hydrogens is 374 g/mol. The van der Waals surface area contributed by atoms with E-state index in [0.29, 0.717) is 13.1 Å². The van der Waals surface area contributed by atoms with Crippen molar-refractivity contribution in [2.24, 2.45) is 4.99 Å². The SMILES string of the molecule is CCNC(=NCc1ccccc1OC)NCc1c(C)nn(Cc2ccccc2)c1C. The highest BCUT2D eigenvalue weighted by Gasteiger charge is 2.12. The van der Waals surface area contributed by atoms with E-state index in [0.717, 1.165) is 36.1 Å². The molecule has 30 heavy (non-hydrogen) atoms. The molecule has 0 fully saturated rings. The zero-order valence-corrected chi connectivity index (χ0v) is 18.3. The molecule has 0 amide bonds. The predicted octanol–water partition coefficient (Wildman–Crippen LogP) is 3.81. The van der Waals surface area contributed by atoms with Crippen LogP contribution in [0.1, 0.15) is 35.0 Å². The number of aliphatic imine (C=N–C) groups is 1. The molecule has 6 nitrogen and oxygen atoms in total. The minimum Gasteiger partial charge on any atom is -0.496 e. The number of hydrogen-bond donors (Lipinski definition) is 2. The van der Waals surface area contributed by atoms with Crippen molar-refractivity contribution >= 4 is 5.96 Å². The molecule has 2 N–H and O–H groups in total. The van der Waals surface area contributed by atoms with Gasteiger partial charge in [0.15, 0.2) is 5.96 Å². The molecule has 1 heterocycles. The van der Waals surface area contributed by atoms with Crippen LogP contribution in [0.5, 0.6) is 5.75 Å². The summed E-state index contributed by atoms with van der Waals surface area (Å²) < 4.78 is 7.50. The summed E-state index contributed by atoms with van der Waals surface area (Å²) in [6.07, 6.45) is 0. The molecule has 3 rings (SSSR count). The highest BCUT2D eigenvalue weighted by molar-refractivity contribution is 5.79. The van der Waals surface area contributed by atoms with Crippen LogP contribution in [-0.4, -0.2) is 29.4 Å². The molecule has 1 aromatic heterocycles. The van der Waals surface area contributed by atoms with Gasteiger partial charge in [-0.3, -0.25) is 4.68 Å². The Labute approximate surface area is 179 Å². The third-order valence-corrected chi connectivity index (χ3v) is 5.08. The molecule has 0 radical (unpaired) electrons. The Morgan fingerprint density at radius 2 is 1.77 bits per heavy atom. The monoisotopic (exact) mass is 405 g/mol. The molecular formula is C24H31N5O. The average molecular weight is 406 g/mol. The molecule has 0 saturated heterocycles. The predicted molar refractivity (Wildman–Crippen MR) is 122 cm³/mol. The van der Waals surface area contributed by atoms with Crippen LogP contribution in [0, 0.1) is 13.8 Å². The average Bonchev–Trinajstić information content (AvgIpc) is 3.03. The molecule has 0 aliphatic rings. The van der Waals surface area contributed by atoms with Gasteiger partial charge in [-0.2, -0.15) is 5.10 Å². The van der Waals surface area contributed by atoms with Gasteiger partial charge >= 0.3 is 0 Å². The van der Waals surface area contributed by atoms with Crippen molar-refractivity contribution in [1.29, 1.82) is 0 Å². The summed E-state index contributed by atoms with van der Waals surface area (Å²) in [6, 6.07) is 18.4. The van der Waals surface area contributed by atoms with Crippen LogP contribution in [0.15, 0.2) is 59.6 Å². The van der Waals surface area contributed by atoms with Crippen molar-refractivity contribution in [2.75, 3.05) is 13.7 Å². The Morgan fingerprint density at radius 3 is 2.50 bits per heavy atom. The van der Waals surface area contributed by atoms with Crippen LogP contribution < -0.4 is 15.4 Å². The summed E-state index contributed by atoms with van der Waals surface area (Å²) in [4.78, 5) is 4.73. The van der Waals surface area contributed by atoms with Gasteiger partial charge in [0.05, 0.1) is 25.9 Å². The maximum atomic E-state index is 5.43. The first-order chi connectivity index (χ1) is 14.6. The van der Waals surface area contributed by atoms with E-state index < -0.39 is 0 Å². The molecule has 0 aliphatic carbocycles. The van der Waals surface area contributed by atoms with Gasteiger partial charge in [-0.25, -0.2) is 4.99 Å². The van der Waals surface area contributed by atoms with Crippen molar-refractivity contribution in [3.63, 3.8) is 0 Å². The third-order valence-electron chi connectivity index (χ3n) is 5.08. The molecule has 0 bridgehead atoms. The molecule has 0 unspecified atom stereocenters. The lowest BCUT2D eigenvalue weighted by Crippen LogP contribution is -2.37. The molecule has 158 valence electrons. The van der Waals surface area contributed by atoms with Crippen molar-refractivity contribution in [1.82, 2.24) is 20.4 Å². The van der Waals surface area contributed by atoms with Crippen molar-refractivity contribution < 1.29 is 4.74 Å². The highest BCUT2D eigenvalue weighted by Crippen LogP contribution is 2.18. The number of aryl methyl sites for hydroxylation is 1. The number of rotatable bonds is 8. The topological polar surface area (TPSA) is 63.5 Å². The molecule has 2 aromatic carbocycles. The normalized spacial score (nSPS) is 11.4. The zero-order valence-electron chi connectivity index (χ0n) is 18.3. The number of nitrogens with zero attached hydrogens (tertiary/aromatic N) is 3. The third kappa shape index (κ3) is 5.41. The van der Waals surface area contributed by atoms with Crippen molar-refractivity contribution in [2.45, 2.75) is 40.4 Å². The largest absolute Gasteiger partial charge is 0.496 e. The lowest BCUT2D eigenvalue weighted by molar-refractivity contribution is 0.410. The van der Waals surface area contributed by atoms with Crippen LogP contribution in [0.25, 0.3) is 0 Å². The summed E-state index contributed by atoms with van der Waals surface area (Å²) in [5, 5.41) is 11.5. The summed E-state index contributed by atoms with van der Waals surface area (Å²) in [6.45, 7) is 9.03. The number of nitrogens with one attached hydrogen (secondary N) is 2. The summed E-state index contributed by atoms with van der Waals surface area (Å²) in [5.74, 6) is 1.63. The van der Waals surface area contributed by atoms with Gasteiger partial charge in [0, 0.05) is 29.9 Å². The minimum atomic E-state index is 0.546. The number of para-hydroxylation sites is 1. The maximum absolute atomic E-state index is 5.43. The van der Waals surface area contributed by atoms with Crippen LogP contribution in [-0.2, 0) is 19.6 Å². The number of aromatic nitrogens is 2. The lowest BCUT2D eigenvalue weighted by atomic mass is 10.2. The van der Waals surface area contributed by atoms with E-state index >= 15 is 0 Å². The zero-order chi connectivity index (χ0) is 21.3. The Bertz CT molecular complexity index is 979. The molecule has 6 heteroatoms. The second kappa shape index (κ2) is 10.5. The van der Waals surface area contributed by atoms with Gasteiger partial charge in [-0.1, -0.05) is 48.5 Å². The van der Waals surface area contributed by atoms with Crippen LogP contribution in [0.4, 0.5) is 0 Å². The summed E-state index contributed by atoms with van der Waals surface area (Å²) in [7, 11) is 1.69. The molecule has 0 aliphatic heterocycles. The van der Waals surface area contributed by atoms with Gasteiger partial charge in [0.1, 0.15) is 5.75 Å². The molecule has 0 atom stereocenters. The van der Waals surface area contributed by atoms with Crippen molar-refractivity contribution in [3.05, 3.63) is 82.7 Å². The quantitative estimate of drug-likeness (QED) is 0.442. The maximum Gasteiger partial charge on any atom is 0.191 e.